The maximum Gasteiger partial charge on any atom is 0.0462 e. The van der Waals surface area contributed by atoms with E-state index in [1.165, 1.54) is 64.2 Å². The summed E-state index contributed by atoms with van der Waals surface area (Å²) in [6, 6.07) is 0. The molecule has 11 atom stereocenters. The maximum atomic E-state index is 9.94. The second-order valence-corrected chi connectivity index (χ2v) is 13.4. The van der Waals surface area contributed by atoms with Crippen molar-refractivity contribution in [2.75, 3.05) is 6.61 Å². The SMILES string of the molecule is CC(C)C[C@@H]1C[C@H]1[C@@H](C)[C@H]1CC[C@H]2[C@@H]3CC[C@H]4[C@@H](CO)CC[C@]4(C)[C@H]3CC[C@]12C. The van der Waals surface area contributed by atoms with Gasteiger partial charge in [-0.1, -0.05) is 34.6 Å². The van der Waals surface area contributed by atoms with Crippen LogP contribution in [0, 0.1) is 70.0 Å². The van der Waals surface area contributed by atoms with Crippen LogP contribution in [0.15, 0.2) is 0 Å². The lowest BCUT2D eigenvalue weighted by molar-refractivity contribution is -0.0982. The van der Waals surface area contributed by atoms with Gasteiger partial charge >= 0.3 is 0 Å². The highest BCUT2D eigenvalue weighted by Gasteiger charge is 2.63. The van der Waals surface area contributed by atoms with Crippen molar-refractivity contribution in [3.63, 3.8) is 0 Å². The Hall–Kier alpha value is -0.0400. The minimum Gasteiger partial charge on any atom is -0.396 e. The summed E-state index contributed by atoms with van der Waals surface area (Å²) in [5, 5.41) is 9.94. The predicted octanol–water partition coefficient (Wildman–Crippen LogP) is 7.18. The van der Waals surface area contributed by atoms with Crippen molar-refractivity contribution < 1.29 is 5.11 Å². The highest BCUT2D eigenvalue weighted by atomic mass is 16.3. The Morgan fingerprint density at radius 1 is 0.793 bits per heavy atom. The van der Waals surface area contributed by atoms with E-state index in [0.717, 1.165) is 53.3 Å². The van der Waals surface area contributed by atoms with Crippen molar-refractivity contribution in [1.82, 2.24) is 0 Å². The van der Waals surface area contributed by atoms with Crippen molar-refractivity contribution >= 4 is 0 Å². The molecule has 0 unspecified atom stereocenters. The predicted molar refractivity (Wildman–Crippen MR) is 121 cm³/mol. The van der Waals surface area contributed by atoms with Crippen molar-refractivity contribution in [2.24, 2.45) is 70.0 Å². The summed E-state index contributed by atoms with van der Waals surface area (Å²) in [6.07, 6.45) is 14.6. The van der Waals surface area contributed by atoms with Gasteiger partial charge in [0, 0.05) is 6.61 Å². The Morgan fingerprint density at radius 3 is 2.21 bits per heavy atom. The molecule has 1 heteroatoms. The molecule has 5 saturated carbocycles. The molecule has 1 nitrogen and oxygen atoms in total. The van der Waals surface area contributed by atoms with Gasteiger partial charge < -0.3 is 5.11 Å². The third kappa shape index (κ3) is 3.10. The maximum absolute atomic E-state index is 9.94. The van der Waals surface area contributed by atoms with E-state index >= 15 is 0 Å². The van der Waals surface area contributed by atoms with Gasteiger partial charge in [-0.25, -0.2) is 0 Å². The first-order valence-corrected chi connectivity index (χ1v) is 13.4. The molecule has 1 N–H and O–H groups in total. The zero-order valence-corrected chi connectivity index (χ0v) is 20.0. The summed E-state index contributed by atoms with van der Waals surface area (Å²) in [5.74, 6) is 9.31. The lowest BCUT2D eigenvalue weighted by Crippen LogP contribution is -2.51. The Bertz CT molecular complexity index is 611. The minimum atomic E-state index is 0.442. The summed E-state index contributed by atoms with van der Waals surface area (Å²) in [4.78, 5) is 0. The van der Waals surface area contributed by atoms with Gasteiger partial charge in [-0.15, -0.1) is 0 Å². The van der Waals surface area contributed by atoms with Gasteiger partial charge in [0.05, 0.1) is 0 Å². The molecule has 0 radical (unpaired) electrons. The van der Waals surface area contributed by atoms with Gasteiger partial charge in [0.1, 0.15) is 0 Å². The van der Waals surface area contributed by atoms with E-state index < -0.39 is 0 Å². The van der Waals surface area contributed by atoms with Crippen LogP contribution in [0.4, 0.5) is 0 Å². The van der Waals surface area contributed by atoms with E-state index in [9.17, 15) is 5.11 Å². The summed E-state index contributed by atoms with van der Waals surface area (Å²) in [5.41, 5.74) is 1.17. The molecule has 5 fully saturated rings. The average Bonchev–Trinajstić information content (AvgIpc) is 3.20. The van der Waals surface area contributed by atoms with E-state index in [2.05, 4.69) is 34.6 Å². The molecule has 0 aromatic rings. The summed E-state index contributed by atoms with van der Waals surface area (Å²) in [6.45, 7) is 13.3. The first-order valence-electron chi connectivity index (χ1n) is 13.4. The molecule has 5 aliphatic rings. The van der Waals surface area contributed by atoms with Gasteiger partial charge in [0.25, 0.3) is 0 Å². The Morgan fingerprint density at radius 2 is 1.48 bits per heavy atom. The first-order chi connectivity index (χ1) is 13.8. The number of fused-ring (bicyclic) bond motifs is 5. The molecule has 0 heterocycles. The molecule has 5 aliphatic carbocycles. The fourth-order valence-electron chi connectivity index (χ4n) is 10.5. The van der Waals surface area contributed by atoms with E-state index in [-0.39, 0.29) is 0 Å². The molecule has 0 aromatic carbocycles. The van der Waals surface area contributed by atoms with Crippen molar-refractivity contribution in [1.29, 1.82) is 0 Å². The Balaban J connectivity index is 1.31. The molecular weight excluding hydrogens is 352 g/mol. The Labute approximate surface area is 180 Å². The van der Waals surface area contributed by atoms with Gasteiger partial charge in [-0.3, -0.25) is 0 Å². The largest absolute Gasteiger partial charge is 0.396 e. The quantitative estimate of drug-likeness (QED) is 0.518. The van der Waals surface area contributed by atoms with E-state index in [1.54, 1.807) is 0 Å². The topological polar surface area (TPSA) is 20.2 Å². The molecule has 5 rings (SSSR count). The van der Waals surface area contributed by atoms with Crippen molar-refractivity contribution in [2.45, 2.75) is 98.8 Å². The number of rotatable bonds is 5. The van der Waals surface area contributed by atoms with E-state index in [0.29, 0.717) is 23.4 Å². The number of aliphatic hydroxyl groups is 1. The molecule has 0 spiro atoms. The lowest BCUT2D eigenvalue weighted by atomic mass is 9.46. The molecule has 29 heavy (non-hydrogen) atoms. The van der Waals surface area contributed by atoms with Crippen molar-refractivity contribution in [3.05, 3.63) is 0 Å². The van der Waals surface area contributed by atoms with Crippen LogP contribution in [-0.4, -0.2) is 11.7 Å². The molecule has 0 amide bonds. The summed E-state index contributed by atoms with van der Waals surface area (Å²) < 4.78 is 0. The standard InChI is InChI=1S/C28H48O/c1-17(2)14-20-15-22(20)18(3)23-8-9-25-21-6-7-24-19(16-29)10-12-28(24,5)26(21)11-13-27(23,25)4/h17-26,29H,6-16H2,1-5H3/t18-,19-,20-,21+,22+,23-,24+,25+,26+,27-,28+/m1/s1. The zero-order valence-electron chi connectivity index (χ0n) is 20.0. The van der Waals surface area contributed by atoms with Crippen LogP contribution in [0.1, 0.15) is 98.8 Å². The fraction of sp³-hybridized carbons (Fsp3) is 1.00. The normalized spacial score (nSPS) is 54.7. The first kappa shape index (κ1) is 20.8. The third-order valence-corrected chi connectivity index (χ3v) is 11.9. The van der Waals surface area contributed by atoms with Crippen LogP contribution < -0.4 is 0 Å². The van der Waals surface area contributed by atoms with E-state index in [1.807, 2.05) is 0 Å². The van der Waals surface area contributed by atoms with Gasteiger partial charge in [0.15, 0.2) is 0 Å². The van der Waals surface area contributed by atoms with Crippen LogP contribution in [0.25, 0.3) is 0 Å². The number of aliphatic hydroxyl groups excluding tert-OH is 1. The molecule has 0 aromatic heterocycles. The minimum absolute atomic E-state index is 0.442. The molecule has 0 bridgehead atoms. The zero-order chi connectivity index (χ0) is 20.6. The smallest absolute Gasteiger partial charge is 0.0462 e. The van der Waals surface area contributed by atoms with Crippen molar-refractivity contribution in [3.8, 4) is 0 Å². The highest BCUT2D eigenvalue weighted by molar-refractivity contribution is 5.12. The van der Waals surface area contributed by atoms with Crippen LogP contribution in [0.2, 0.25) is 0 Å². The Kier molecular flexibility index (Phi) is 5.21. The third-order valence-electron chi connectivity index (χ3n) is 11.9. The number of hydrogen-bond acceptors (Lipinski definition) is 1. The van der Waals surface area contributed by atoms with Gasteiger partial charge in [-0.2, -0.15) is 0 Å². The molecule has 0 saturated heterocycles. The fourth-order valence-corrected chi connectivity index (χ4v) is 10.5. The lowest BCUT2D eigenvalue weighted by Gasteiger charge is -2.58. The highest BCUT2D eigenvalue weighted by Crippen LogP contribution is 2.70. The average molecular weight is 401 g/mol. The van der Waals surface area contributed by atoms with Crippen LogP contribution in [0.5, 0.6) is 0 Å². The second-order valence-electron chi connectivity index (χ2n) is 13.4. The van der Waals surface area contributed by atoms with E-state index in [4.69, 9.17) is 0 Å². The van der Waals surface area contributed by atoms with Gasteiger partial charge in [0.2, 0.25) is 0 Å². The molecule has 0 aliphatic heterocycles. The number of hydrogen-bond donors (Lipinski definition) is 1. The monoisotopic (exact) mass is 400 g/mol. The van der Waals surface area contributed by atoms with Crippen LogP contribution in [-0.2, 0) is 0 Å². The summed E-state index contributed by atoms with van der Waals surface area (Å²) in [7, 11) is 0. The summed E-state index contributed by atoms with van der Waals surface area (Å²) >= 11 is 0. The molecular formula is C28H48O. The van der Waals surface area contributed by atoms with Crippen LogP contribution >= 0.6 is 0 Å². The van der Waals surface area contributed by atoms with Gasteiger partial charge in [-0.05, 0) is 134 Å². The molecule has 166 valence electrons. The van der Waals surface area contributed by atoms with Crippen LogP contribution in [0.3, 0.4) is 0 Å². The second kappa shape index (κ2) is 7.25.